The Morgan fingerprint density at radius 3 is 2.62 bits per heavy atom. The summed E-state index contributed by atoms with van der Waals surface area (Å²) in [5.41, 5.74) is 1.54. The van der Waals surface area contributed by atoms with Gasteiger partial charge in [-0.1, -0.05) is 29.8 Å². The zero-order chi connectivity index (χ0) is 24.7. The molecule has 184 valence electrons. The van der Waals surface area contributed by atoms with Crippen molar-refractivity contribution in [3.63, 3.8) is 0 Å². The average Bonchev–Trinajstić information content (AvgIpc) is 3.20. The Labute approximate surface area is 202 Å². The fourth-order valence-corrected chi connectivity index (χ4v) is 3.63. The van der Waals surface area contributed by atoms with Gasteiger partial charge < -0.3 is 34.5 Å². The van der Waals surface area contributed by atoms with Crippen molar-refractivity contribution in [1.29, 1.82) is 0 Å². The normalized spacial score (nSPS) is 18.4. The second-order valence-electron chi connectivity index (χ2n) is 7.82. The van der Waals surface area contributed by atoms with Crippen LogP contribution in [0, 0.1) is 0 Å². The maximum atomic E-state index is 12.4. The molecule has 0 spiro atoms. The number of aliphatic hydroxyl groups excluding tert-OH is 1. The summed E-state index contributed by atoms with van der Waals surface area (Å²) in [5, 5.41) is 23.8. The smallest absolute Gasteiger partial charge is 0.453 e. The van der Waals surface area contributed by atoms with Gasteiger partial charge in [-0.05, 0) is 55.7 Å². The van der Waals surface area contributed by atoms with Gasteiger partial charge >= 0.3 is 17.7 Å². The van der Waals surface area contributed by atoms with Crippen molar-refractivity contribution in [3.05, 3.63) is 58.6 Å². The summed E-state index contributed by atoms with van der Waals surface area (Å²) in [6, 6.07) is 11.9. The average molecular weight is 494 g/mol. The number of carbonyl (C=O) groups excluding carboxylic acids is 1. The summed E-state index contributed by atoms with van der Waals surface area (Å²) < 4.78 is 20.9. The van der Waals surface area contributed by atoms with Gasteiger partial charge in [0.1, 0.15) is 6.61 Å². The van der Waals surface area contributed by atoms with Crippen molar-refractivity contribution in [3.8, 4) is 11.5 Å². The molecule has 0 aliphatic carbocycles. The highest BCUT2D eigenvalue weighted by molar-refractivity contribution is 6.30. The quantitative estimate of drug-likeness (QED) is 0.232. The van der Waals surface area contributed by atoms with E-state index in [2.05, 4.69) is 5.32 Å². The van der Waals surface area contributed by atoms with Crippen LogP contribution in [0.25, 0.3) is 0 Å². The first-order valence-corrected chi connectivity index (χ1v) is 11.3. The van der Waals surface area contributed by atoms with Crippen LogP contribution in [-0.2, 0) is 25.5 Å². The Morgan fingerprint density at radius 2 is 1.91 bits per heavy atom. The van der Waals surface area contributed by atoms with Crippen LogP contribution in [-0.4, -0.2) is 60.3 Å². The van der Waals surface area contributed by atoms with E-state index in [-0.39, 0.29) is 30.8 Å². The largest absolute Gasteiger partial charge is 0.475 e. The van der Waals surface area contributed by atoms with Gasteiger partial charge in [-0.25, -0.2) is 9.59 Å². The highest BCUT2D eigenvalue weighted by atomic mass is 35.5. The molecule has 0 saturated heterocycles. The molecule has 3 rings (SSSR count). The molecule has 2 aromatic carbocycles. The van der Waals surface area contributed by atoms with E-state index in [1.54, 1.807) is 49.4 Å². The van der Waals surface area contributed by atoms with E-state index in [4.69, 9.17) is 30.5 Å². The summed E-state index contributed by atoms with van der Waals surface area (Å²) in [4.78, 5) is 24.3. The molecule has 0 bridgehead atoms. The predicted octanol–water partition coefficient (Wildman–Crippen LogP) is 2.73. The SMILES string of the molecule is CCOCCOC(=O)C1(C(=O)O)Oc2ccc(C[C@@H](C)NC[C@H](O)c3cccc(Cl)c3)cc2O1. The molecule has 0 aromatic heterocycles. The molecular weight excluding hydrogens is 466 g/mol. The highest BCUT2D eigenvalue weighted by Gasteiger charge is 2.58. The molecule has 1 unspecified atom stereocenters. The lowest BCUT2D eigenvalue weighted by Crippen LogP contribution is -2.55. The number of nitrogens with one attached hydrogen (secondary N) is 1. The predicted molar refractivity (Wildman–Crippen MR) is 123 cm³/mol. The van der Waals surface area contributed by atoms with Crippen LogP contribution in [0.15, 0.2) is 42.5 Å². The molecule has 1 heterocycles. The molecule has 34 heavy (non-hydrogen) atoms. The third kappa shape index (κ3) is 6.18. The number of hydrogen-bond acceptors (Lipinski definition) is 8. The maximum Gasteiger partial charge on any atom is 0.453 e. The molecule has 0 radical (unpaired) electrons. The number of carboxylic acids is 1. The van der Waals surface area contributed by atoms with E-state index in [0.29, 0.717) is 30.2 Å². The first-order chi connectivity index (χ1) is 16.2. The lowest BCUT2D eigenvalue weighted by atomic mass is 10.1. The number of esters is 1. The number of aliphatic hydroxyl groups is 1. The Balaban J connectivity index is 1.59. The molecule has 0 fully saturated rings. The van der Waals surface area contributed by atoms with Crippen molar-refractivity contribution < 1.29 is 38.7 Å². The van der Waals surface area contributed by atoms with Crippen LogP contribution >= 0.6 is 11.6 Å². The number of aliphatic carboxylic acids is 1. The summed E-state index contributed by atoms with van der Waals surface area (Å²) in [5.74, 6) is -5.12. The zero-order valence-corrected chi connectivity index (χ0v) is 19.7. The van der Waals surface area contributed by atoms with Gasteiger partial charge in [0, 0.05) is 24.2 Å². The summed E-state index contributed by atoms with van der Waals surface area (Å²) in [6.45, 7) is 4.51. The first kappa shape index (κ1) is 25.8. The van der Waals surface area contributed by atoms with Gasteiger partial charge in [-0.2, -0.15) is 0 Å². The van der Waals surface area contributed by atoms with Gasteiger partial charge in [0.15, 0.2) is 11.5 Å². The van der Waals surface area contributed by atoms with Crippen molar-refractivity contribution in [2.45, 2.75) is 38.2 Å². The van der Waals surface area contributed by atoms with Gasteiger partial charge in [0.25, 0.3) is 0 Å². The van der Waals surface area contributed by atoms with E-state index in [1.165, 1.54) is 0 Å². The summed E-state index contributed by atoms with van der Waals surface area (Å²) in [7, 11) is 0. The first-order valence-electron chi connectivity index (χ1n) is 10.9. The highest BCUT2D eigenvalue weighted by Crippen LogP contribution is 2.41. The Kier molecular flexibility index (Phi) is 8.73. The second-order valence-corrected chi connectivity index (χ2v) is 8.26. The lowest BCUT2D eigenvalue weighted by Gasteiger charge is -2.20. The third-order valence-electron chi connectivity index (χ3n) is 5.17. The Hall–Kier alpha value is -2.85. The van der Waals surface area contributed by atoms with Crippen molar-refractivity contribution in [2.24, 2.45) is 0 Å². The fraction of sp³-hybridized carbons (Fsp3) is 0.417. The molecule has 3 N–H and O–H groups in total. The number of carbonyl (C=O) groups is 2. The number of ether oxygens (including phenoxy) is 4. The summed E-state index contributed by atoms with van der Waals surface area (Å²) >= 11 is 5.98. The number of fused-ring (bicyclic) bond motifs is 1. The van der Waals surface area contributed by atoms with E-state index in [0.717, 1.165) is 5.56 Å². The van der Waals surface area contributed by atoms with E-state index in [9.17, 15) is 19.8 Å². The second kappa shape index (κ2) is 11.5. The number of halogens is 1. The molecule has 0 saturated carbocycles. The Bertz CT molecular complexity index is 1020. The van der Waals surface area contributed by atoms with Crippen LogP contribution in [0.3, 0.4) is 0 Å². The van der Waals surface area contributed by atoms with Gasteiger partial charge in [0.05, 0.1) is 12.7 Å². The minimum atomic E-state index is -2.60. The van der Waals surface area contributed by atoms with E-state index < -0.39 is 23.8 Å². The molecule has 0 amide bonds. The Morgan fingerprint density at radius 1 is 1.15 bits per heavy atom. The van der Waals surface area contributed by atoms with Crippen LogP contribution in [0.5, 0.6) is 11.5 Å². The molecule has 1 aliphatic heterocycles. The molecule has 9 nitrogen and oxygen atoms in total. The molecule has 2 aromatic rings. The summed E-state index contributed by atoms with van der Waals surface area (Å²) in [6.07, 6.45) is -0.166. The topological polar surface area (TPSA) is 124 Å². The molecule has 3 atom stereocenters. The minimum absolute atomic E-state index is 0.0260. The van der Waals surface area contributed by atoms with E-state index >= 15 is 0 Å². The minimum Gasteiger partial charge on any atom is -0.475 e. The van der Waals surface area contributed by atoms with Crippen LogP contribution in [0.2, 0.25) is 5.02 Å². The van der Waals surface area contributed by atoms with Gasteiger partial charge in [-0.3, -0.25) is 0 Å². The number of rotatable bonds is 12. The molecular formula is C24H28ClNO8. The maximum absolute atomic E-state index is 12.4. The lowest BCUT2D eigenvalue weighted by molar-refractivity contribution is -0.199. The fourth-order valence-electron chi connectivity index (χ4n) is 3.43. The number of benzene rings is 2. The van der Waals surface area contributed by atoms with Crippen LogP contribution < -0.4 is 14.8 Å². The number of carboxylic acid groups (broad SMARTS) is 1. The van der Waals surface area contributed by atoms with Gasteiger partial charge in [-0.15, -0.1) is 0 Å². The van der Waals surface area contributed by atoms with Crippen LogP contribution in [0.1, 0.15) is 31.1 Å². The zero-order valence-electron chi connectivity index (χ0n) is 19.0. The molecule has 10 heteroatoms. The standard InChI is InChI=1S/C24H28ClNO8/c1-3-31-9-10-32-23(30)24(22(28)29)33-20-8-7-16(12-21(20)34-24)11-15(2)26-14-19(27)17-5-4-6-18(25)13-17/h4-8,12-13,15,19,26-27H,3,9-11,14H2,1-2H3,(H,28,29)/t15-,19+,24?/m1/s1. The third-order valence-corrected chi connectivity index (χ3v) is 5.40. The molecule has 1 aliphatic rings. The number of hydrogen-bond donors (Lipinski definition) is 3. The van der Waals surface area contributed by atoms with Crippen molar-refractivity contribution >= 4 is 23.5 Å². The van der Waals surface area contributed by atoms with Crippen molar-refractivity contribution in [2.75, 3.05) is 26.4 Å². The van der Waals surface area contributed by atoms with Crippen molar-refractivity contribution in [1.82, 2.24) is 5.32 Å². The van der Waals surface area contributed by atoms with Gasteiger partial charge in [0.2, 0.25) is 0 Å². The van der Waals surface area contributed by atoms with Crippen LogP contribution in [0.4, 0.5) is 0 Å². The van der Waals surface area contributed by atoms with E-state index in [1.807, 2.05) is 6.92 Å². The monoisotopic (exact) mass is 493 g/mol.